The highest BCUT2D eigenvalue weighted by Gasteiger charge is 2.25. The van der Waals surface area contributed by atoms with Crippen LogP contribution in [0.25, 0.3) is 5.78 Å². The molecule has 4 heterocycles. The molecule has 9 heteroatoms. The van der Waals surface area contributed by atoms with Crippen LogP contribution in [0.5, 0.6) is 0 Å². The third-order valence-corrected chi connectivity index (χ3v) is 5.91. The normalized spacial score (nSPS) is 14.6. The van der Waals surface area contributed by atoms with Crippen molar-refractivity contribution in [1.82, 2.24) is 29.5 Å². The fourth-order valence-corrected chi connectivity index (χ4v) is 4.28. The number of carbonyl (C=O) groups excluding carboxylic acids is 1. The maximum Gasteiger partial charge on any atom is 0.257 e. The lowest BCUT2D eigenvalue weighted by atomic mass is 10.2. The van der Waals surface area contributed by atoms with Gasteiger partial charge in [-0.2, -0.15) is 4.98 Å². The van der Waals surface area contributed by atoms with Gasteiger partial charge < -0.3 is 9.80 Å². The predicted molar refractivity (Wildman–Crippen MR) is 114 cm³/mol. The van der Waals surface area contributed by atoms with Crippen molar-refractivity contribution in [3.8, 4) is 0 Å². The second kappa shape index (κ2) is 8.36. The smallest absolute Gasteiger partial charge is 0.257 e. The summed E-state index contributed by atoms with van der Waals surface area (Å²) in [7, 11) is 0. The van der Waals surface area contributed by atoms with Gasteiger partial charge in [-0.25, -0.2) is 4.98 Å². The predicted octanol–water partition coefficient (Wildman–Crippen LogP) is 2.46. The Morgan fingerprint density at radius 2 is 2.00 bits per heavy atom. The van der Waals surface area contributed by atoms with Gasteiger partial charge in [0, 0.05) is 44.1 Å². The molecular formula is C20H25N7OS. The van der Waals surface area contributed by atoms with Gasteiger partial charge in [0.15, 0.2) is 0 Å². The molecule has 0 spiro atoms. The first-order chi connectivity index (χ1) is 14.1. The zero-order valence-corrected chi connectivity index (χ0v) is 17.8. The maximum absolute atomic E-state index is 13.0. The number of rotatable bonds is 5. The first-order valence-corrected chi connectivity index (χ1v) is 11.1. The molecule has 1 aliphatic heterocycles. The van der Waals surface area contributed by atoms with Crippen molar-refractivity contribution >= 4 is 29.3 Å². The van der Waals surface area contributed by atoms with Crippen LogP contribution in [0.1, 0.15) is 35.2 Å². The van der Waals surface area contributed by atoms with Gasteiger partial charge in [-0.1, -0.05) is 13.3 Å². The van der Waals surface area contributed by atoms with E-state index < -0.39 is 0 Å². The second-order valence-electron chi connectivity index (χ2n) is 7.08. The van der Waals surface area contributed by atoms with Gasteiger partial charge in [-0.3, -0.25) is 9.20 Å². The van der Waals surface area contributed by atoms with Crippen LogP contribution in [0.3, 0.4) is 0 Å². The number of hydrogen-bond donors (Lipinski definition) is 0. The summed E-state index contributed by atoms with van der Waals surface area (Å²) >= 11 is 1.50. The molecule has 152 valence electrons. The lowest BCUT2D eigenvalue weighted by molar-refractivity contribution is 0.0742. The van der Waals surface area contributed by atoms with E-state index in [1.165, 1.54) is 17.5 Å². The molecule has 3 aromatic heterocycles. The number of aryl methyl sites for hydroxylation is 2. The number of anilines is 1. The number of pyridine rings is 1. The molecule has 0 aromatic carbocycles. The minimum atomic E-state index is 0.0465. The Labute approximate surface area is 174 Å². The number of hydrogen-bond acceptors (Lipinski definition) is 7. The average Bonchev–Trinajstić information content (AvgIpc) is 3.14. The zero-order valence-electron chi connectivity index (χ0n) is 17.0. The van der Waals surface area contributed by atoms with Crippen LogP contribution in [-0.2, 0) is 6.42 Å². The zero-order chi connectivity index (χ0) is 20.4. The highest BCUT2D eigenvalue weighted by atomic mass is 32.2. The van der Waals surface area contributed by atoms with Gasteiger partial charge >= 0.3 is 0 Å². The first kappa shape index (κ1) is 19.6. The summed E-state index contributed by atoms with van der Waals surface area (Å²) in [5, 5.41) is 9.18. The van der Waals surface area contributed by atoms with Crippen LogP contribution < -0.4 is 4.90 Å². The summed E-state index contributed by atoms with van der Waals surface area (Å²) in [6.45, 7) is 6.90. The van der Waals surface area contributed by atoms with Crippen molar-refractivity contribution in [3.05, 3.63) is 41.5 Å². The van der Waals surface area contributed by atoms with Crippen molar-refractivity contribution in [2.75, 3.05) is 37.3 Å². The summed E-state index contributed by atoms with van der Waals surface area (Å²) in [5.41, 5.74) is 1.85. The quantitative estimate of drug-likeness (QED) is 0.597. The van der Waals surface area contributed by atoms with Crippen molar-refractivity contribution in [3.63, 3.8) is 0 Å². The van der Waals surface area contributed by atoms with Crippen LogP contribution in [0.4, 0.5) is 5.82 Å². The van der Waals surface area contributed by atoms with E-state index in [4.69, 9.17) is 4.98 Å². The second-order valence-corrected chi connectivity index (χ2v) is 7.87. The number of amides is 1. The minimum absolute atomic E-state index is 0.0465. The fraction of sp³-hybridized carbons (Fsp3) is 0.450. The third-order valence-electron chi connectivity index (χ3n) is 5.20. The van der Waals surface area contributed by atoms with E-state index >= 15 is 0 Å². The van der Waals surface area contributed by atoms with E-state index in [9.17, 15) is 4.79 Å². The Kier molecular flexibility index (Phi) is 5.66. The topological polar surface area (TPSA) is 79.5 Å². The molecular weight excluding hydrogens is 386 g/mol. The Balaban J connectivity index is 1.52. The lowest BCUT2D eigenvalue weighted by Crippen LogP contribution is -2.49. The minimum Gasteiger partial charge on any atom is -0.353 e. The van der Waals surface area contributed by atoms with E-state index in [1.807, 2.05) is 34.6 Å². The standard InChI is InChI=1S/C20H25N7OS/c1-4-6-15-13-17(22-20-24-23-14(2)27(15)20)25-9-11-26(12-10-25)19(28)16-7-5-8-21-18(16)29-3/h5,7-8,13H,4,6,9-12H2,1-3H3. The van der Waals surface area contributed by atoms with Crippen LogP contribution in [0.15, 0.2) is 29.4 Å². The number of fused-ring (bicyclic) bond motifs is 1. The SMILES string of the molecule is CCCc1cc(N2CCN(C(=O)c3cccnc3SC)CC2)nc2nnc(C)n12. The van der Waals surface area contributed by atoms with Crippen molar-refractivity contribution in [2.45, 2.75) is 31.7 Å². The van der Waals surface area contributed by atoms with Gasteiger partial charge in [0.1, 0.15) is 16.7 Å². The van der Waals surface area contributed by atoms with Gasteiger partial charge in [0.05, 0.1) is 5.56 Å². The molecule has 1 saturated heterocycles. The van der Waals surface area contributed by atoms with E-state index in [0.717, 1.165) is 42.6 Å². The number of nitrogens with zero attached hydrogens (tertiary/aromatic N) is 7. The third kappa shape index (κ3) is 3.78. The molecule has 1 aliphatic rings. The number of carbonyl (C=O) groups is 1. The Morgan fingerprint density at radius 3 is 2.72 bits per heavy atom. The number of aromatic nitrogens is 5. The Hall–Kier alpha value is -2.68. The Morgan fingerprint density at radius 1 is 1.21 bits per heavy atom. The molecule has 3 aromatic rings. The van der Waals surface area contributed by atoms with E-state index in [-0.39, 0.29) is 5.91 Å². The van der Waals surface area contributed by atoms with Crippen molar-refractivity contribution in [2.24, 2.45) is 0 Å². The van der Waals surface area contributed by atoms with E-state index in [1.54, 1.807) is 6.20 Å². The molecule has 29 heavy (non-hydrogen) atoms. The summed E-state index contributed by atoms with van der Waals surface area (Å²) in [6.07, 6.45) is 5.66. The van der Waals surface area contributed by atoms with Gasteiger partial charge in [0.25, 0.3) is 11.7 Å². The number of thioether (sulfide) groups is 1. The fourth-order valence-electron chi connectivity index (χ4n) is 3.74. The van der Waals surface area contributed by atoms with Crippen LogP contribution >= 0.6 is 11.8 Å². The van der Waals surface area contributed by atoms with E-state index in [2.05, 4.69) is 33.1 Å². The first-order valence-electron chi connectivity index (χ1n) is 9.87. The molecule has 0 saturated carbocycles. The van der Waals surface area contributed by atoms with Crippen LogP contribution in [-0.4, -0.2) is 67.8 Å². The van der Waals surface area contributed by atoms with Crippen LogP contribution in [0.2, 0.25) is 0 Å². The molecule has 0 unspecified atom stereocenters. The van der Waals surface area contributed by atoms with Gasteiger partial charge in [-0.15, -0.1) is 22.0 Å². The molecule has 0 radical (unpaired) electrons. The molecule has 4 rings (SSSR count). The summed E-state index contributed by atoms with van der Waals surface area (Å²) < 4.78 is 2.03. The van der Waals surface area contributed by atoms with Crippen molar-refractivity contribution in [1.29, 1.82) is 0 Å². The molecule has 1 fully saturated rings. The van der Waals surface area contributed by atoms with E-state index in [0.29, 0.717) is 24.4 Å². The molecule has 0 bridgehead atoms. The number of piperazine rings is 1. The highest BCUT2D eigenvalue weighted by molar-refractivity contribution is 7.98. The summed E-state index contributed by atoms with van der Waals surface area (Å²) in [4.78, 5) is 26.1. The average molecular weight is 412 g/mol. The monoisotopic (exact) mass is 411 g/mol. The molecule has 8 nitrogen and oxygen atoms in total. The molecule has 0 atom stereocenters. The molecule has 0 N–H and O–H groups in total. The highest BCUT2D eigenvalue weighted by Crippen LogP contribution is 2.22. The largest absolute Gasteiger partial charge is 0.353 e. The maximum atomic E-state index is 13.0. The summed E-state index contributed by atoms with van der Waals surface area (Å²) in [5.74, 6) is 2.46. The lowest BCUT2D eigenvalue weighted by Gasteiger charge is -2.35. The summed E-state index contributed by atoms with van der Waals surface area (Å²) in [6, 6.07) is 5.81. The van der Waals surface area contributed by atoms with Crippen LogP contribution in [0, 0.1) is 6.92 Å². The molecule has 1 amide bonds. The Bertz CT molecular complexity index is 1030. The van der Waals surface area contributed by atoms with Crippen molar-refractivity contribution < 1.29 is 4.79 Å². The molecule has 0 aliphatic carbocycles. The van der Waals surface area contributed by atoms with Gasteiger partial charge in [-0.05, 0) is 31.7 Å². The van der Waals surface area contributed by atoms with Gasteiger partial charge in [0.2, 0.25) is 0 Å².